The topological polar surface area (TPSA) is 64.4 Å². The lowest BCUT2D eigenvalue weighted by atomic mass is 10.1. The number of methoxy groups -OCH3 is 1. The van der Waals surface area contributed by atoms with E-state index in [2.05, 4.69) is 21.2 Å². The lowest BCUT2D eigenvalue weighted by Crippen LogP contribution is -2.08. The molecule has 0 heterocycles. The first-order chi connectivity index (χ1) is 10.0. The van der Waals surface area contributed by atoms with Crippen molar-refractivity contribution in [2.45, 2.75) is 13.0 Å². The Hall–Kier alpha value is -2.08. The van der Waals surface area contributed by atoms with Gasteiger partial charge in [0.05, 0.1) is 12.0 Å². The molecule has 0 aromatic heterocycles. The van der Waals surface area contributed by atoms with Gasteiger partial charge in [-0.25, -0.2) is 0 Å². The molecule has 2 aromatic carbocycles. The van der Waals surface area contributed by atoms with Crippen LogP contribution in [0.5, 0.6) is 5.75 Å². The van der Waals surface area contributed by atoms with E-state index in [0.717, 1.165) is 15.8 Å². The maximum atomic E-state index is 11.1. The molecule has 0 amide bonds. The van der Waals surface area contributed by atoms with E-state index in [-0.39, 0.29) is 11.7 Å². The molecule has 0 saturated carbocycles. The van der Waals surface area contributed by atoms with E-state index >= 15 is 0 Å². The second-order valence-corrected chi connectivity index (χ2v) is 5.47. The first-order valence-electron chi connectivity index (χ1n) is 6.35. The number of nitro groups is 1. The maximum absolute atomic E-state index is 11.1. The van der Waals surface area contributed by atoms with Crippen LogP contribution < -0.4 is 10.1 Å². The molecule has 5 nitrogen and oxygen atoms in total. The lowest BCUT2D eigenvalue weighted by Gasteiger charge is -2.16. The molecular weight excluding hydrogens is 336 g/mol. The second-order valence-electron chi connectivity index (χ2n) is 4.56. The number of rotatable bonds is 5. The average Bonchev–Trinajstić information content (AvgIpc) is 2.47. The third-order valence-electron chi connectivity index (χ3n) is 3.14. The Kier molecular flexibility index (Phi) is 4.80. The van der Waals surface area contributed by atoms with Gasteiger partial charge in [0.25, 0.3) is 5.69 Å². The molecule has 2 rings (SSSR count). The van der Waals surface area contributed by atoms with Gasteiger partial charge in [0.2, 0.25) is 0 Å². The van der Waals surface area contributed by atoms with Crippen molar-refractivity contribution < 1.29 is 9.66 Å². The SMILES string of the molecule is COc1ccc(C(C)Nc2cc(Br)ccc2[N+](=O)[O-])cc1. The highest BCUT2D eigenvalue weighted by Gasteiger charge is 2.16. The Labute approximate surface area is 131 Å². The van der Waals surface area contributed by atoms with E-state index in [0.29, 0.717) is 5.69 Å². The number of nitro benzene ring substituents is 1. The summed E-state index contributed by atoms with van der Waals surface area (Å²) >= 11 is 3.33. The number of anilines is 1. The Morgan fingerprint density at radius 1 is 1.24 bits per heavy atom. The summed E-state index contributed by atoms with van der Waals surface area (Å²) in [5.74, 6) is 0.777. The largest absolute Gasteiger partial charge is 0.497 e. The third kappa shape index (κ3) is 3.72. The summed E-state index contributed by atoms with van der Waals surface area (Å²) in [6.45, 7) is 1.95. The molecule has 2 aromatic rings. The van der Waals surface area contributed by atoms with Gasteiger partial charge < -0.3 is 10.1 Å². The molecule has 1 N–H and O–H groups in total. The number of benzene rings is 2. The first-order valence-corrected chi connectivity index (χ1v) is 7.15. The van der Waals surface area contributed by atoms with Gasteiger partial charge in [-0.2, -0.15) is 0 Å². The highest BCUT2D eigenvalue weighted by Crippen LogP contribution is 2.31. The molecule has 0 bridgehead atoms. The summed E-state index contributed by atoms with van der Waals surface area (Å²) in [7, 11) is 1.61. The number of nitrogens with zero attached hydrogens (tertiary/aromatic N) is 1. The molecule has 6 heteroatoms. The fourth-order valence-electron chi connectivity index (χ4n) is 1.99. The standard InChI is InChI=1S/C15H15BrN2O3/c1-10(11-3-6-13(21-2)7-4-11)17-14-9-12(16)5-8-15(14)18(19)20/h3-10,17H,1-2H3. The van der Waals surface area contributed by atoms with Crippen LogP contribution in [0.1, 0.15) is 18.5 Å². The van der Waals surface area contributed by atoms with Crippen molar-refractivity contribution in [2.24, 2.45) is 0 Å². The third-order valence-corrected chi connectivity index (χ3v) is 3.64. The minimum absolute atomic E-state index is 0.0542. The van der Waals surface area contributed by atoms with E-state index in [9.17, 15) is 10.1 Å². The zero-order chi connectivity index (χ0) is 15.4. The van der Waals surface area contributed by atoms with E-state index < -0.39 is 4.92 Å². The Balaban J connectivity index is 2.24. The fraction of sp³-hybridized carbons (Fsp3) is 0.200. The van der Waals surface area contributed by atoms with Crippen LogP contribution in [-0.2, 0) is 0 Å². The van der Waals surface area contributed by atoms with Crippen molar-refractivity contribution in [3.8, 4) is 5.75 Å². The van der Waals surface area contributed by atoms with Gasteiger partial charge in [-0.3, -0.25) is 10.1 Å². The maximum Gasteiger partial charge on any atom is 0.292 e. The van der Waals surface area contributed by atoms with Gasteiger partial charge in [0.15, 0.2) is 0 Å². The van der Waals surface area contributed by atoms with Gasteiger partial charge in [0.1, 0.15) is 11.4 Å². The van der Waals surface area contributed by atoms with Crippen molar-refractivity contribution in [1.29, 1.82) is 0 Å². The minimum Gasteiger partial charge on any atom is -0.497 e. The summed E-state index contributed by atoms with van der Waals surface area (Å²) in [4.78, 5) is 10.7. The molecule has 1 atom stereocenters. The molecular formula is C15H15BrN2O3. The van der Waals surface area contributed by atoms with Crippen molar-refractivity contribution >= 4 is 27.3 Å². The molecule has 0 spiro atoms. The summed E-state index contributed by atoms with van der Waals surface area (Å²) in [6, 6.07) is 12.4. The van der Waals surface area contributed by atoms with Gasteiger partial charge in [-0.1, -0.05) is 28.1 Å². The van der Waals surface area contributed by atoms with Crippen LogP contribution >= 0.6 is 15.9 Å². The van der Waals surface area contributed by atoms with E-state index in [1.165, 1.54) is 6.07 Å². The van der Waals surface area contributed by atoms with Crippen LogP contribution in [0.3, 0.4) is 0 Å². The predicted octanol–water partition coefficient (Wildman–Crippen LogP) is 4.54. The van der Waals surface area contributed by atoms with Gasteiger partial charge in [0, 0.05) is 16.6 Å². The quantitative estimate of drug-likeness (QED) is 0.635. The van der Waals surface area contributed by atoms with Crippen molar-refractivity contribution in [3.63, 3.8) is 0 Å². The molecule has 21 heavy (non-hydrogen) atoms. The van der Waals surface area contributed by atoms with Crippen LogP contribution in [0.2, 0.25) is 0 Å². The highest BCUT2D eigenvalue weighted by atomic mass is 79.9. The Morgan fingerprint density at radius 3 is 2.48 bits per heavy atom. The summed E-state index contributed by atoms with van der Waals surface area (Å²) in [5, 5.41) is 14.2. The molecule has 0 radical (unpaired) electrons. The molecule has 0 aliphatic heterocycles. The van der Waals surface area contributed by atoms with E-state index in [1.807, 2.05) is 31.2 Å². The number of halogens is 1. The van der Waals surface area contributed by atoms with Crippen LogP contribution in [-0.4, -0.2) is 12.0 Å². The van der Waals surface area contributed by atoms with Gasteiger partial charge in [-0.05, 0) is 36.8 Å². The first kappa shape index (κ1) is 15.3. The number of nitrogens with one attached hydrogen (secondary N) is 1. The summed E-state index contributed by atoms with van der Waals surface area (Å²) in [6.07, 6.45) is 0. The van der Waals surface area contributed by atoms with Crippen molar-refractivity contribution in [2.75, 3.05) is 12.4 Å². The minimum atomic E-state index is -0.393. The molecule has 110 valence electrons. The Bertz CT molecular complexity index is 644. The van der Waals surface area contributed by atoms with Crippen LogP contribution in [0.25, 0.3) is 0 Å². The zero-order valence-corrected chi connectivity index (χ0v) is 13.3. The molecule has 1 unspecified atom stereocenters. The molecule has 0 aliphatic carbocycles. The lowest BCUT2D eigenvalue weighted by molar-refractivity contribution is -0.384. The van der Waals surface area contributed by atoms with Crippen molar-refractivity contribution in [3.05, 3.63) is 62.6 Å². The molecule has 0 fully saturated rings. The normalized spacial score (nSPS) is 11.8. The van der Waals surface area contributed by atoms with E-state index in [4.69, 9.17) is 4.74 Å². The number of hydrogen-bond donors (Lipinski definition) is 1. The molecule has 0 aliphatic rings. The predicted molar refractivity (Wildman–Crippen MR) is 85.8 cm³/mol. The Morgan fingerprint density at radius 2 is 1.90 bits per heavy atom. The number of ether oxygens (including phenoxy) is 1. The summed E-state index contributed by atoms with van der Waals surface area (Å²) in [5.41, 5.74) is 1.56. The smallest absolute Gasteiger partial charge is 0.292 e. The second kappa shape index (κ2) is 6.58. The highest BCUT2D eigenvalue weighted by molar-refractivity contribution is 9.10. The van der Waals surface area contributed by atoms with Crippen LogP contribution in [0.15, 0.2) is 46.9 Å². The molecule has 0 saturated heterocycles. The average molecular weight is 351 g/mol. The van der Waals surface area contributed by atoms with Gasteiger partial charge in [-0.15, -0.1) is 0 Å². The zero-order valence-electron chi connectivity index (χ0n) is 11.7. The summed E-state index contributed by atoms with van der Waals surface area (Å²) < 4.78 is 5.91. The van der Waals surface area contributed by atoms with Crippen molar-refractivity contribution in [1.82, 2.24) is 0 Å². The number of hydrogen-bond acceptors (Lipinski definition) is 4. The van der Waals surface area contributed by atoms with Crippen LogP contribution in [0.4, 0.5) is 11.4 Å². The van der Waals surface area contributed by atoms with Gasteiger partial charge >= 0.3 is 0 Å². The monoisotopic (exact) mass is 350 g/mol. The van der Waals surface area contributed by atoms with Crippen LogP contribution in [0, 0.1) is 10.1 Å². The van der Waals surface area contributed by atoms with E-state index in [1.54, 1.807) is 19.2 Å². The fourth-order valence-corrected chi connectivity index (χ4v) is 2.35.